The highest BCUT2D eigenvalue weighted by atomic mass is 16.3. The molecule has 4 aromatic rings. The van der Waals surface area contributed by atoms with Crippen molar-refractivity contribution >= 4 is 16.8 Å². The second kappa shape index (κ2) is 10.00. The molecule has 0 bridgehead atoms. The highest BCUT2D eigenvalue weighted by molar-refractivity contribution is 5.96. The first-order valence-corrected chi connectivity index (χ1v) is 12.1. The maximum Gasteiger partial charge on any atom is 0.261 e. The van der Waals surface area contributed by atoms with Gasteiger partial charge >= 0.3 is 0 Å². The molecule has 1 atom stereocenters. The lowest BCUT2D eigenvalue weighted by molar-refractivity contribution is 0.0766. The number of nitrogens with zero attached hydrogens (tertiary/aromatic N) is 6. The van der Waals surface area contributed by atoms with Crippen LogP contribution >= 0.6 is 0 Å². The first-order chi connectivity index (χ1) is 17.5. The van der Waals surface area contributed by atoms with Crippen molar-refractivity contribution in [3.05, 3.63) is 65.0 Å². The lowest BCUT2D eigenvalue weighted by atomic mass is 10.0. The summed E-state index contributed by atoms with van der Waals surface area (Å²) < 4.78 is 3.10. The average molecular weight is 488 g/mol. The molecule has 36 heavy (non-hydrogen) atoms. The van der Waals surface area contributed by atoms with E-state index in [-0.39, 0.29) is 18.1 Å². The zero-order valence-electron chi connectivity index (χ0n) is 20.4. The van der Waals surface area contributed by atoms with Gasteiger partial charge in [0.1, 0.15) is 11.2 Å². The van der Waals surface area contributed by atoms with Crippen LogP contribution in [0.25, 0.3) is 33.4 Å². The first kappa shape index (κ1) is 23.8. The Hall–Kier alpha value is -3.89. The summed E-state index contributed by atoms with van der Waals surface area (Å²) >= 11 is 0. The van der Waals surface area contributed by atoms with Gasteiger partial charge in [-0.2, -0.15) is 5.10 Å². The zero-order valence-corrected chi connectivity index (χ0v) is 20.4. The fraction of sp³-hybridized carbons (Fsp3) is 0.346. The van der Waals surface area contributed by atoms with Crippen molar-refractivity contribution in [3.8, 4) is 22.5 Å². The van der Waals surface area contributed by atoms with Crippen LogP contribution in [0.15, 0.2) is 53.8 Å². The molecule has 0 radical (unpaired) electrons. The molecule has 0 spiro atoms. The Balaban J connectivity index is 1.59. The number of aliphatic hydroxyl groups excluding tert-OH is 1. The van der Waals surface area contributed by atoms with Crippen LogP contribution in [0.1, 0.15) is 29.7 Å². The van der Waals surface area contributed by atoms with E-state index in [0.29, 0.717) is 34.4 Å². The second-order valence-corrected chi connectivity index (χ2v) is 9.12. The summed E-state index contributed by atoms with van der Waals surface area (Å²) in [7, 11) is 1.81. The van der Waals surface area contributed by atoms with Crippen molar-refractivity contribution in [1.29, 1.82) is 0 Å². The molecular weight excluding hydrogens is 458 g/mol. The molecule has 1 amide bonds. The number of rotatable bonds is 5. The van der Waals surface area contributed by atoms with Crippen molar-refractivity contribution in [3.63, 3.8) is 0 Å². The molecule has 186 valence electrons. The lowest BCUT2D eigenvalue weighted by Crippen LogP contribution is -2.34. The Morgan fingerprint density at radius 2 is 1.97 bits per heavy atom. The number of hydrogen-bond donors (Lipinski definition) is 2. The predicted octanol–water partition coefficient (Wildman–Crippen LogP) is 1.85. The molecule has 0 unspecified atom stereocenters. The van der Waals surface area contributed by atoms with Gasteiger partial charge in [-0.3, -0.25) is 18.8 Å². The summed E-state index contributed by atoms with van der Waals surface area (Å²) in [6.45, 7) is 4.72. The SMILES string of the molecule is C[C@@H](CO)n1cnc2c(-c3cnn(C)c3)nc(-c3ccc(C(=O)N4CCCNCC4)cc3)cc2c1=O. The highest BCUT2D eigenvalue weighted by Gasteiger charge is 2.19. The van der Waals surface area contributed by atoms with Crippen molar-refractivity contribution in [2.45, 2.75) is 19.4 Å². The van der Waals surface area contributed by atoms with Gasteiger partial charge in [0.15, 0.2) is 0 Å². The summed E-state index contributed by atoms with van der Waals surface area (Å²) in [4.78, 5) is 37.6. The van der Waals surface area contributed by atoms with Crippen LogP contribution in [0.3, 0.4) is 0 Å². The Morgan fingerprint density at radius 3 is 2.69 bits per heavy atom. The maximum atomic E-state index is 13.4. The minimum absolute atomic E-state index is 0.0119. The average Bonchev–Trinajstić information content (AvgIpc) is 3.16. The molecule has 4 heterocycles. The maximum absolute atomic E-state index is 13.4. The Labute approximate surface area is 208 Å². The van der Waals surface area contributed by atoms with E-state index in [1.807, 2.05) is 30.3 Å². The molecule has 1 fully saturated rings. The number of nitrogens with one attached hydrogen (secondary N) is 1. The van der Waals surface area contributed by atoms with Crippen LogP contribution < -0.4 is 10.9 Å². The third kappa shape index (κ3) is 4.52. The predicted molar refractivity (Wildman–Crippen MR) is 137 cm³/mol. The van der Waals surface area contributed by atoms with Crippen LogP contribution in [-0.4, -0.2) is 73.0 Å². The quantitative estimate of drug-likeness (QED) is 0.441. The standard InChI is InChI=1S/C26H29N7O3/c1-17(15-34)33-16-28-24-21(26(33)36)12-22(30-23(24)20-13-29-31(2)14-20)18-4-6-19(7-5-18)25(35)32-10-3-8-27-9-11-32/h4-7,12-14,16-17,27,34H,3,8-11,15H2,1-2H3/t17-/m0/s1. The van der Waals surface area contributed by atoms with Gasteiger partial charge in [-0.05, 0) is 38.1 Å². The number of carbonyl (C=O) groups is 1. The van der Waals surface area contributed by atoms with Gasteiger partial charge in [0.2, 0.25) is 0 Å². The van der Waals surface area contributed by atoms with Crippen LogP contribution in [0.4, 0.5) is 0 Å². The molecule has 3 aromatic heterocycles. The number of amides is 1. The van der Waals surface area contributed by atoms with Crippen molar-refractivity contribution < 1.29 is 9.90 Å². The van der Waals surface area contributed by atoms with E-state index in [0.717, 1.165) is 37.2 Å². The minimum Gasteiger partial charge on any atom is -0.394 e. The summed E-state index contributed by atoms with van der Waals surface area (Å²) in [5, 5.41) is 17.6. The van der Waals surface area contributed by atoms with E-state index >= 15 is 0 Å². The van der Waals surface area contributed by atoms with Gasteiger partial charge in [0.25, 0.3) is 11.5 Å². The molecule has 0 saturated carbocycles. The summed E-state index contributed by atoms with van der Waals surface area (Å²) in [5.74, 6) is 0.0119. The second-order valence-electron chi connectivity index (χ2n) is 9.12. The molecule has 0 aliphatic carbocycles. The minimum atomic E-state index is -0.410. The number of aromatic nitrogens is 5. The molecule has 10 nitrogen and oxygen atoms in total. The summed E-state index contributed by atoms with van der Waals surface area (Å²) in [6, 6.07) is 8.64. The normalized spacial score (nSPS) is 15.1. The van der Waals surface area contributed by atoms with Crippen molar-refractivity contribution in [1.82, 2.24) is 34.5 Å². The van der Waals surface area contributed by atoms with E-state index < -0.39 is 6.04 Å². The number of hydrogen-bond acceptors (Lipinski definition) is 7. The fourth-order valence-electron chi connectivity index (χ4n) is 4.45. The number of aliphatic hydroxyl groups is 1. The Kier molecular flexibility index (Phi) is 6.62. The molecule has 10 heteroatoms. The molecular formula is C26H29N7O3. The molecule has 1 aliphatic rings. The van der Waals surface area contributed by atoms with Crippen LogP contribution in [-0.2, 0) is 7.05 Å². The monoisotopic (exact) mass is 487 g/mol. The molecule has 1 aliphatic heterocycles. The van der Waals surface area contributed by atoms with Crippen molar-refractivity contribution in [2.24, 2.45) is 7.05 Å². The van der Waals surface area contributed by atoms with Crippen molar-refractivity contribution in [2.75, 3.05) is 32.8 Å². The van der Waals surface area contributed by atoms with E-state index in [1.54, 1.807) is 36.0 Å². The number of pyridine rings is 1. The number of benzene rings is 1. The van der Waals surface area contributed by atoms with Gasteiger partial charge in [-0.1, -0.05) is 12.1 Å². The van der Waals surface area contributed by atoms with Gasteiger partial charge in [0, 0.05) is 49.6 Å². The Morgan fingerprint density at radius 1 is 1.17 bits per heavy atom. The Bertz CT molecular complexity index is 1450. The first-order valence-electron chi connectivity index (χ1n) is 12.1. The van der Waals surface area contributed by atoms with E-state index in [4.69, 9.17) is 4.98 Å². The zero-order chi connectivity index (χ0) is 25.2. The lowest BCUT2D eigenvalue weighted by Gasteiger charge is -2.20. The topological polar surface area (TPSA) is 118 Å². The smallest absolute Gasteiger partial charge is 0.261 e. The van der Waals surface area contributed by atoms with Gasteiger partial charge in [0.05, 0.1) is 36.3 Å². The molecule has 1 aromatic carbocycles. The van der Waals surface area contributed by atoms with E-state index in [9.17, 15) is 14.7 Å². The summed E-state index contributed by atoms with van der Waals surface area (Å²) in [5.41, 5.74) is 3.50. The largest absolute Gasteiger partial charge is 0.394 e. The molecule has 5 rings (SSSR count). The molecule has 2 N–H and O–H groups in total. The number of carbonyl (C=O) groups excluding carboxylic acids is 1. The molecule has 1 saturated heterocycles. The summed E-state index contributed by atoms with van der Waals surface area (Å²) in [6.07, 6.45) is 5.90. The van der Waals surface area contributed by atoms with E-state index in [2.05, 4.69) is 15.4 Å². The van der Waals surface area contributed by atoms with E-state index in [1.165, 1.54) is 10.9 Å². The number of aryl methyl sites for hydroxylation is 1. The highest BCUT2D eigenvalue weighted by Crippen LogP contribution is 2.29. The van der Waals surface area contributed by atoms with Gasteiger partial charge in [-0.25, -0.2) is 9.97 Å². The van der Waals surface area contributed by atoms with Crippen LogP contribution in [0, 0.1) is 0 Å². The fourth-order valence-corrected chi connectivity index (χ4v) is 4.45. The third-order valence-electron chi connectivity index (χ3n) is 6.54. The number of fused-ring (bicyclic) bond motifs is 1. The van der Waals surface area contributed by atoms with Gasteiger partial charge < -0.3 is 15.3 Å². The van der Waals surface area contributed by atoms with Crippen LogP contribution in [0.5, 0.6) is 0 Å². The van der Waals surface area contributed by atoms with Crippen LogP contribution in [0.2, 0.25) is 0 Å². The van der Waals surface area contributed by atoms with Gasteiger partial charge in [-0.15, -0.1) is 0 Å². The third-order valence-corrected chi connectivity index (χ3v) is 6.54.